The number of hydrogen-bond donors (Lipinski definition) is 0. The van der Waals surface area contributed by atoms with Crippen molar-refractivity contribution in [2.24, 2.45) is 0 Å². The van der Waals surface area contributed by atoms with E-state index in [4.69, 9.17) is 4.74 Å². The highest BCUT2D eigenvalue weighted by Crippen LogP contribution is 2.25. The number of methoxy groups -OCH3 is 1. The third-order valence-corrected chi connectivity index (χ3v) is 2.53. The summed E-state index contributed by atoms with van der Waals surface area (Å²) >= 11 is 3.45. The van der Waals surface area contributed by atoms with Gasteiger partial charge in [0.05, 0.1) is 7.11 Å². The summed E-state index contributed by atoms with van der Waals surface area (Å²) < 4.78 is 6.29. The number of halogens is 2. The standard InChI is InChI=1S/C9H11BrO.BrH/c1-6-5-9(11-3)7(2)4-8(6)10;/h4-5H,1-3H3;1H. The molecule has 3 heteroatoms. The number of rotatable bonds is 1. The summed E-state index contributed by atoms with van der Waals surface area (Å²) in [5.74, 6) is 0.950. The van der Waals surface area contributed by atoms with E-state index >= 15 is 0 Å². The Labute approximate surface area is 92.0 Å². The Bertz CT molecular complexity index is 271. The monoisotopic (exact) mass is 294 g/mol. The van der Waals surface area contributed by atoms with Crippen LogP contribution < -0.4 is 4.74 Å². The van der Waals surface area contributed by atoms with Gasteiger partial charge in [-0.1, -0.05) is 15.9 Å². The molecule has 1 aromatic rings. The van der Waals surface area contributed by atoms with Gasteiger partial charge in [-0.2, -0.15) is 0 Å². The summed E-state index contributed by atoms with van der Waals surface area (Å²) in [4.78, 5) is 0. The summed E-state index contributed by atoms with van der Waals surface area (Å²) in [5.41, 5.74) is 2.36. The molecule has 1 nitrogen and oxygen atoms in total. The van der Waals surface area contributed by atoms with Gasteiger partial charge in [0.1, 0.15) is 5.75 Å². The van der Waals surface area contributed by atoms with E-state index in [0.29, 0.717) is 0 Å². The van der Waals surface area contributed by atoms with E-state index in [0.717, 1.165) is 15.8 Å². The molecular formula is C9H12Br2O. The highest BCUT2D eigenvalue weighted by Gasteiger charge is 2.00. The van der Waals surface area contributed by atoms with E-state index in [1.807, 2.05) is 19.9 Å². The lowest BCUT2D eigenvalue weighted by molar-refractivity contribution is 0.411. The lowest BCUT2D eigenvalue weighted by Crippen LogP contribution is -1.88. The molecule has 0 aliphatic heterocycles. The van der Waals surface area contributed by atoms with Crippen LogP contribution in [0.3, 0.4) is 0 Å². The zero-order chi connectivity index (χ0) is 8.43. The highest BCUT2D eigenvalue weighted by atomic mass is 79.9. The lowest BCUT2D eigenvalue weighted by Gasteiger charge is -2.06. The summed E-state index contributed by atoms with van der Waals surface area (Å²) in [5, 5.41) is 0. The van der Waals surface area contributed by atoms with Crippen molar-refractivity contribution in [3.63, 3.8) is 0 Å². The van der Waals surface area contributed by atoms with Gasteiger partial charge in [0, 0.05) is 4.47 Å². The van der Waals surface area contributed by atoms with Crippen molar-refractivity contribution in [3.8, 4) is 5.75 Å². The number of ether oxygens (including phenoxy) is 1. The smallest absolute Gasteiger partial charge is 0.122 e. The quantitative estimate of drug-likeness (QED) is 0.768. The minimum absolute atomic E-state index is 0. The molecule has 12 heavy (non-hydrogen) atoms. The second-order valence-corrected chi connectivity index (χ2v) is 3.43. The molecule has 0 fully saturated rings. The Morgan fingerprint density at radius 2 is 1.75 bits per heavy atom. The van der Waals surface area contributed by atoms with Gasteiger partial charge in [0.15, 0.2) is 0 Å². The Kier molecular flexibility index (Phi) is 4.87. The maximum Gasteiger partial charge on any atom is 0.122 e. The Morgan fingerprint density at radius 3 is 2.25 bits per heavy atom. The molecule has 0 atom stereocenters. The van der Waals surface area contributed by atoms with Crippen LogP contribution in [0.1, 0.15) is 11.1 Å². The second kappa shape index (κ2) is 4.87. The number of hydrogen-bond acceptors (Lipinski definition) is 1. The molecule has 0 saturated carbocycles. The van der Waals surface area contributed by atoms with Crippen molar-refractivity contribution >= 4 is 32.9 Å². The van der Waals surface area contributed by atoms with Crippen LogP contribution in [-0.4, -0.2) is 7.11 Å². The van der Waals surface area contributed by atoms with Crippen molar-refractivity contribution in [2.75, 3.05) is 7.11 Å². The fraction of sp³-hybridized carbons (Fsp3) is 0.333. The molecule has 0 N–H and O–H groups in total. The number of benzene rings is 1. The van der Waals surface area contributed by atoms with Crippen LogP contribution in [0.2, 0.25) is 0 Å². The van der Waals surface area contributed by atoms with Gasteiger partial charge < -0.3 is 4.74 Å². The summed E-state index contributed by atoms with van der Waals surface area (Å²) in [6, 6.07) is 4.09. The van der Waals surface area contributed by atoms with Crippen LogP contribution in [0.15, 0.2) is 16.6 Å². The lowest BCUT2D eigenvalue weighted by atomic mass is 10.1. The van der Waals surface area contributed by atoms with Gasteiger partial charge in [-0.3, -0.25) is 0 Å². The fourth-order valence-electron chi connectivity index (χ4n) is 0.974. The molecule has 0 aliphatic carbocycles. The molecule has 0 spiro atoms. The molecule has 0 unspecified atom stereocenters. The van der Waals surface area contributed by atoms with Crippen LogP contribution in [-0.2, 0) is 0 Å². The predicted octanol–water partition coefficient (Wildman–Crippen LogP) is 3.65. The minimum atomic E-state index is 0. The largest absolute Gasteiger partial charge is 0.496 e. The zero-order valence-corrected chi connectivity index (χ0v) is 10.6. The van der Waals surface area contributed by atoms with E-state index in [-0.39, 0.29) is 17.0 Å². The van der Waals surface area contributed by atoms with Crippen molar-refractivity contribution in [1.82, 2.24) is 0 Å². The third-order valence-electron chi connectivity index (χ3n) is 1.68. The zero-order valence-electron chi connectivity index (χ0n) is 7.35. The van der Waals surface area contributed by atoms with E-state index in [9.17, 15) is 0 Å². The maximum absolute atomic E-state index is 5.16. The summed E-state index contributed by atoms with van der Waals surface area (Å²) in [7, 11) is 1.69. The first-order valence-corrected chi connectivity index (χ1v) is 4.25. The van der Waals surface area contributed by atoms with Gasteiger partial charge in [-0.15, -0.1) is 17.0 Å². The highest BCUT2D eigenvalue weighted by molar-refractivity contribution is 9.10. The van der Waals surface area contributed by atoms with Crippen LogP contribution in [0.25, 0.3) is 0 Å². The Morgan fingerprint density at radius 1 is 1.17 bits per heavy atom. The average Bonchev–Trinajstić information content (AvgIpc) is 1.97. The van der Waals surface area contributed by atoms with Gasteiger partial charge in [-0.25, -0.2) is 0 Å². The molecule has 0 radical (unpaired) electrons. The van der Waals surface area contributed by atoms with Crippen LogP contribution >= 0.6 is 32.9 Å². The normalized spacial score (nSPS) is 9.00. The topological polar surface area (TPSA) is 9.23 Å². The second-order valence-electron chi connectivity index (χ2n) is 2.57. The molecule has 68 valence electrons. The van der Waals surface area contributed by atoms with Crippen LogP contribution in [0.4, 0.5) is 0 Å². The fourth-order valence-corrected chi connectivity index (χ4v) is 1.43. The van der Waals surface area contributed by atoms with Crippen LogP contribution in [0.5, 0.6) is 5.75 Å². The van der Waals surface area contributed by atoms with Crippen molar-refractivity contribution in [1.29, 1.82) is 0 Å². The Hall–Kier alpha value is -0.0200. The molecule has 1 rings (SSSR count). The van der Waals surface area contributed by atoms with Crippen molar-refractivity contribution in [2.45, 2.75) is 13.8 Å². The SMILES string of the molecule is Br.COc1cc(C)c(Br)cc1C. The first-order chi connectivity index (χ1) is 5.15. The summed E-state index contributed by atoms with van der Waals surface area (Å²) in [6.45, 7) is 4.08. The van der Waals surface area contributed by atoms with Gasteiger partial charge in [0.2, 0.25) is 0 Å². The first-order valence-electron chi connectivity index (χ1n) is 3.46. The number of aryl methyl sites for hydroxylation is 2. The molecule has 0 amide bonds. The average molecular weight is 296 g/mol. The Balaban J connectivity index is 0.00000121. The third kappa shape index (κ3) is 2.49. The predicted molar refractivity (Wildman–Crippen MR) is 60.5 cm³/mol. The molecular weight excluding hydrogens is 284 g/mol. The van der Waals surface area contributed by atoms with Crippen molar-refractivity contribution < 1.29 is 4.74 Å². The molecule has 0 aromatic heterocycles. The molecule has 0 heterocycles. The van der Waals surface area contributed by atoms with E-state index in [2.05, 4.69) is 22.0 Å². The molecule has 0 bridgehead atoms. The molecule has 1 aromatic carbocycles. The first kappa shape index (κ1) is 12.0. The van der Waals surface area contributed by atoms with Crippen LogP contribution in [0, 0.1) is 13.8 Å². The van der Waals surface area contributed by atoms with E-state index in [1.54, 1.807) is 7.11 Å². The van der Waals surface area contributed by atoms with Gasteiger partial charge >= 0.3 is 0 Å². The molecule has 0 saturated heterocycles. The van der Waals surface area contributed by atoms with Crippen molar-refractivity contribution in [3.05, 3.63) is 27.7 Å². The summed E-state index contributed by atoms with van der Waals surface area (Å²) in [6.07, 6.45) is 0. The van der Waals surface area contributed by atoms with Gasteiger partial charge in [0.25, 0.3) is 0 Å². The molecule has 0 aliphatic rings. The van der Waals surface area contributed by atoms with Gasteiger partial charge in [-0.05, 0) is 37.1 Å². The van der Waals surface area contributed by atoms with E-state index < -0.39 is 0 Å². The van der Waals surface area contributed by atoms with E-state index in [1.165, 1.54) is 5.56 Å². The maximum atomic E-state index is 5.16. The minimum Gasteiger partial charge on any atom is -0.496 e.